The molecule has 0 amide bonds. The van der Waals surface area contributed by atoms with Gasteiger partial charge in [-0.25, -0.2) is 13.6 Å². The smallest absolute Gasteiger partial charge is 0.241 e. The van der Waals surface area contributed by atoms with Gasteiger partial charge < -0.3 is 20.1 Å². The molecule has 36 heavy (non-hydrogen) atoms. The lowest BCUT2D eigenvalue weighted by Gasteiger charge is -2.18. The Morgan fingerprint density at radius 1 is 0.722 bits per heavy atom. The van der Waals surface area contributed by atoms with Gasteiger partial charge in [0.25, 0.3) is 0 Å². The Kier molecular flexibility index (Phi) is 8.22. The van der Waals surface area contributed by atoms with Gasteiger partial charge in [-0.15, -0.1) is 0 Å². The van der Waals surface area contributed by atoms with Crippen molar-refractivity contribution in [2.45, 2.75) is 24.5 Å². The molecule has 4 aromatic rings. The Morgan fingerprint density at radius 2 is 1.28 bits per heavy atom. The van der Waals surface area contributed by atoms with E-state index in [1.807, 2.05) is 66.7 Å². The van der Waals surface area contributed by atoms with Crippen LogP contribution in [0.5, 0.6) is 17.2 Å². The molecule has 186 valence electrons. The second kappa shape index (κ2) is 11.7. The average Bonchev–Trinajstić information content (AvgIpc) is 2.89. The molecule has 4 N–H and O–H groups in total. The summed E-state index contributed by atoms with van der Waals surface area (Å²) in [5.41, 5.74) is 3.45. The van der Waals surface area contributed by atoms with Crippen LogP contribution in [0.3, 0.4) is 0 Å². The number of rotatable bonds is 11. The van der Waals surface area contributed by atoms with Crippen LogP contribution in [-0.4, -0.2) is 15.5 Å². The summed E-state index contributed by atoms with van der Waals surface area (Å²) in [6, 6.07) is 30.1. The number of primary sulfonamides is 1. The summed E-state index contributed by atoms with van der Waals surface area (Å²) >= 11 is 0. The third kappa shape index (κ3) is 6.85. The third-order valence-corrected chi connectivity index (χ3v) is 6.44. The Morgan fingerprint density at radius 3 is 1.86 bits per heavy atom. The molecule has 0 saturated heterocycles. The summed E-state index contributed by atoms with van der Waals surface area (Å²) in [4.78, 5) is -0.0899. The molecule has 0 fully saturated rings. The molecule has 0 radical (unpaired) electrons. The Bertz CT molecular complexity index is 1380. The fraction of sp³-hybridized carbons (Fsp3) is 0.143. The summed E-state index contributed by atoms with van der Waals surface area (Å²) < 4.78 is 36.6. The van der Waals surface area contributed by atoms with Crippen LogP contribution < -0.4 is 25.2 Å². The van der Waals surface area contributed by atoms with Crippen molar-refractivity contribution in [2.75, 3.05) is 12.4 Å². The van der Waals surface area contributed by atoms with Gasteiger partial charge in [-0.3, -0.25) is 0 Å². The zero-order valence-corrected chi connectivity index (χ0v) is 20.8. The third-order valence-electron chi connectivity index (χ3n) is 5.53. The SMILES string of the molecule is COc1ccc(Oc2c(NCc3ccccc3)cc(CNCc3ccccc3)cc2S(N)(=O)=O)cc1. The van der Waals surface area contributed by atoms with Crippen molar-refractivity contribution in [1.29, 1.82) is 0 Å². The lowest BCUT2D eigenvalue weighted by Crippen LogP contribution is -2.17. The zero-order valence-electron chi connectivity index (χ0n) is 20.0. The first-order valence-corrected chi connectivity index (χ1v) is 13.0. The van der Waals surface area contributed by atoms with Gasteiger partial charge in [0.1, 0.15) is 16.4 Å². The van der Waals surface area contributed by atoms with E-state index < -0.39 is 10.0 Å². The largest absolute Gasteiger partial charge is 0.497 e. The zero-order chi connectivity index (χ0) is 25.4. The number of benzene rings is 4. The second-order valence-corrected chi connectivity index (χ2v) is 9.75. The molecule has 0 bridgehead atoms. The van der Waals surface area contributed by atoms with Crippen LogP contribution in [0.2, 0.25) is 0 Å². The lowest BCUT2D eigenvalue weighted by atomic mass is 10.1. The van der Waals surface area contributed by atoms with E-state index >= 15 is 0 Å². The molecule has 0 aliphatic heterocycles. The van der Waals surface area contributed by atoms with Crippen molar-refractivity contribution in [1.82, 2.24) is 5.32 Å². The van der Waals surface area contributed by atoms with E-state index in [1.54, 1.807) is 37.4 Å². The number of ether oxygens (including phenoxy) is 2. The maximum absolute atomic E-state index is 12.6. The number of anilines is 1. The number of hydrogen-bond acceptors (Lipinski definition) is 6. The molecule has 0 aromatic heterocycles. The van der Waals surface area contributed by atoms with Gasteiger partial charge in [-0.2, -0.15) is 0 Å². The van der Waals surface area contributed by atoms with Crippen LogP contribution in [-0.2, 0) is 29.7 Å². The number of sulfonamides is 1. The quantitative estimate of drug-likeness (QED) is 0.265. The van der Waals surface area contributed by atoms with Crippen molar-refractivity contribution < 1.29 is 17.9 Å². The van der Waals surface area contributed by atoms with Gasteiger partial charge in [-0.1, -0.05) is 60.7 Å². The summed E-state index contributed by atoms with van der Waals surface area (Å²) in [5.74, 6) is 1.26. The van der Waals surface area contributed by atoms with Crippen molar-refractivity contribution in [3.63, 3.8) is 0 Å². The van der Waals surface area contributed by atoms with Crippen molar-refractivity contribution in [3.8, 4) is 17.2 Å². The predicted octanol–water partition coefficient (Wildman–Crippen LogP) is 5.04. The van der Waals surface area contributed by atoms with Crippen LogP contribution >= 0.6 is 0 Å². The average molecular weight is 504 g/mol. The molecule has 0 aliphatic carbocycles. The van der Waals surface area contributed by atoms with Gasteiger partial charge in [0, 0.05) is 19.6 Å². The highest BCUT2D eigenvalue weighted by Crippen LogP contribution is 2.38. The minimum Gasteiger partial charge on any atom is -0.497 e. The van der Waals surface area contributed by atoms with Crippen molar-refractivity contribution in [2.24, 2.45) is 5.14 Å². The van der Waals surface area contributed by atoms with Crippen LogP contribution in [0.4, 0.5) is 5.69 Å². The minimum atomic E-state index is -4.09. The summed E-state index contributed by atoms with van der Waals surface area (Å²) in [5, 5.41) is 12.3. The standard InChI is InChI=1S/C28H29N3O4S/c1-34-24-12-14-25(15-13-24)35-28-26(31-20-22-10-6-3-7-11-22)16-23(17-27(28)36(29,32)33)19-30-18-21-8-4-2-5-9-21/h2-17,30-31H,18-20H2,1H3,(H2,29,32,33). The van der Waals surface area contributed by atoms with Crippen molar-refractivity contribution >= 4 is 15.7 Å². The molecular formula is C28H29N3O4S. The highest BCUT2D eigenvalue weighted by atomic mass is 32.2. The molecule has 0 atom stereocenters. The predicted molar refractivity (Wildman–Crippen MR) is 142 cm³/mol. The molecule has 0 saturated carbocycles. The first-order chi connectivity index (χ1) is 17.4. The van der Waals surface area contributed by atoms with Gasteiger partial charge in [0.05, 0.1) is 12.8 Å². The second-order valence-electron chi connectivity index (χ2n) is 8.22. The maximum Gasteiger partial charge on any atom is 0.241 e. The molecule has 0 unspecified atom stereocenters. The van der Waals surface area contributed by atoms with E-state index in [0.717, 1.165) is 16.7 Å². The van der Waals surface area contributed by atoms with Crippen LogP contribution in [0.1, 0.15) is 16.7 Å². The van der Waals surface area contributed by atoms with E-state index in [9.17, 15) is 8.42 Å². The van der Waals surface area contributed by atoms with Crippen molar-refractivity contribution in [3.05, 3.63) is 114 Å². The Labute approximate surface area is 211 Å². The number of hydrogen-bond donors (Lipinski definition) is 3. The molecule has 0 aliphatic rings. The normalized spacial score (nSPS) is 11.2. The topological polar surface area (TPSA) is 103 Å². The fourth-order valence-corrected chi connectivity index (χ4v) is 4.44. The molecule has 8 heteroatoms. The highest BCUT2D eigenvalue weighted by molar-refractivity contribution is 7.89. The molecule has 4 aromatic carbocycles. The Balaban J connectivity index is 1.67. The fourth-order valence-electron chi connectivity index (χ4n) is 3.71. The van der Waals surface area contributed by atoms with E-state index in [0.29, 0.717) is 36.8 Å². The summed E-state index contributed by atoms with van der Waals surface area (Å²) in [6.45, 7) is 1.56. The maximum atomic E-state index is 12.6. The van der Waals surface area contributed by atoms with Gasteiger partial charge in [0.2, 0.25) is 10.0 Å². The van der Waals surface area contributed by atoms with Gasteiger partial charge in [0.15, 0.2) is 5.75 Å². The molecular weight excluding hydrogens is 474 g/mol. The van der Waals surface area contributed by atoms with Crippen LogP contribution in [0.15, 0.2) is 102 Å². The minimum absolute atomic E-state index is 0.0899. The summed E-state index contributed by atoms with van der Waals surface area (Å²) in [7, 11) is -2.51. The number of methoxy groups -OCH3 is 1. The van der Waals surface area contributed by atoms with Crippen LogP contribution in [0, 0.1) is 0 Å². The first kappa shape index (κ1) is 25.2. The lowest BCUT2D eigenvalue weighted by molar-refractivity contribution is 0.412. The number of nitrogens with two attached hydrogens (primary N) is 1. The van der Waals surface area contributed by atoms with E-state index in [4.69, 9.17) is 14.6 Å². The van der Waals surface area contributed by atoms with Gasteiger partial charge >= 0.3 is 0 Å². The van der Waals surface area contributed by atoms with E-state index in [1.165, 1.54) is 0 Å². The highest BCUT2D eigenvalue weighted by Gasteiger charge is 2.22. The Hall–Kier alpha value is -3.85. The molecule has 4 rings (SSSR count). The molecule has 0 spiro atoms. The van der Waals surface area contributed by atoms with Crippen LogP contribution in [0.25, 0.3) is 0 Å². The molecule has 7 nitrogen and oxygen atoms in total. The van der Waals surface area contributed by atoms with E-state index in [2.05, 4.69) is 10.6 Å². The first-order valence-electron chi connectivity index (χ1n) is 11.5. The molecule has 0 heterocycles. The number of nitrogens with one attached hydrogen (secondary N) is 2. The monoisotopic (exact) mass is 503 g/mol. The summed E-state index contributed by atoms with van der Waals surface area (Å²) in [6.07, 6.45) is 0. The van der Waals surface area contributed by atoms with Gasteiger partial charge in [-0.05, 0) is 53.1 Å². The van der Waals surface area contributed by atoms with E-state index in [-0.39, 0.29) is 10.6 Å².